The molecule has 0 unspecified atom stereocenters. The van der Waals surface area contributed by atoms with Crippen molar-refractivity contribution in [3.63, 3.8) is 0 Å². The van der Waals surface area contributed by atoms with E-state index in [4.69, 9.17) is 0 Å². The fourth-order valence-electron chi connectivity index (χ4n) is 1.22. The largest absolute Gasteiger partial charge is 0.0885 e. The Hall–Kier alpha value is -0.780. The standard InChI is InChI=1S/C12H17/c1-2-4-6-8-10-12-11-9-7-5-3-1/h1-2,7,10,12H,3-6,8,11H2/b2-1-,9-7?,12-10+. The van der Waals surface area contributed by atoms with E-state index in [0.717, 1.165) is 12.8 Å². The normalized spacial score (nSPS) is 28.0. The van der Waals surface area contributed by atoms with Crippen molar-refractivity contribution in [1.29, 1.82) is 0 Å². The highest BCUT2D eigenvalue weighted by atomic mass is 13.9. The summed E-state index contributed by atoms with van der Waals surface area (Å²) in [5.74, 6) is 0. The smallest absolute Gasteiger partial charge is 0.00979 e. The molecule has 0 aromatic heterocycles. The van der Waals surface area contributed by atoms with E-state index in [2.05, 4.69) is 36.5 Å². The van der Waals surface area contributed by atoms with E-state index in [1.807, 2.05) is 0 Å². The third kappa shape index (κ3) is 4.95. The van der Waals surface area contributed by atoms with E-state index in [1.165, 1.54) is 25.7 Å². The molecule has 1 aliphatic rings. The van der Waals surface area contributed by atoms with Gasteiger partial charge in [0.1, 0.15) is 0 Å². The molecule has 1 aliphatic carbocycles. The highest BCUT2D eigenvalue weighted by Crippen LogP contribution is 2.02. The van der Waals surface area contributed by atoms with E-state index in [9.17, 15) is 0 Å². The van der Waals surface area contributed by atoms with Crippen LogP contribution < -0.4 is 0 Å². The van der Waals surface area contributed by atoms with Crippen LogP contribution in [0.5, 0.6) is 0 Å². The Morgan fingerprint density at radius 3 is 2.42 bits per heavy atom. The van der Waals surface area contributed by atoms with Gasteiger partial charge < -0.3 is 0 Å². The van der Waals surface area contributed by atoms with E-state index >= 15 is 0 Å². The Morgan fingerprint density at radius 1 is 0.750 bits per heavy atom. The van der Waals surface area contributed by atoms with Gasteiger partial charge in [-0.25, -0.2) is 0 Å². The van der Waals surface area contributed by atoms with Crippen LogP contribution in [0.15, 0.2) is 30.4 Å². The fraction of sp³-hybridized carbons (Fsp3) is 0.500. The molecule has 12 heavy (non-hydrogen) atoms. The minimum Gasteiger partial charge on any atom is -0.0885 e. The summed E-state index contributed by atoms with van der Waals surface area (Å²) in [7, 11) is 0. The van der Waals surface area contributed by atoms with Gasteiger partial charge in [0, 0.05) is 0 Å². The minimum atomic E-state index is 0.990. The van der Waals surface area contributed by atoms with E-state index in [-0.39, 0.29) is 0 Å². The first kappa shape index (κ1) is 9.31. The quantitative estimate of drug-likeness (QED) is 0.474. The zero-order valence-corrected chi connectivity index (χ0v) is 7.63. The molecule has 0 saturated heterocycles. The minimum absolute atomic E-state index is 0.990. The zero-order valence-electron chi connectivity index (χ0n) is 7.63. The zero-order chi connectivity index (χ0) is 8.49. The number of hydrogen-bond acceptors (Lipinski definition) is 0. The topological polar surface area (TPSA) is 0 Å². The molecule has 0 amide bonds. The van der Waals surface area contributed by atoms with Crippen LogP contribution in [0.3, 0.4) is 0 Å². The van der Waals surface area contributed by atoms with Crippen LogP contribution >= 0.6 is 0 Å². The summed E-state index contributed by atoms with van der Waals surface area (Å²) >= 11 is 0. The SMILES string of the molecule is [C]1=C\CC/C=C\CCC/C=C/C/1. The van der Waals surface area contributed by atoms with Gasteiger partial charge in [0.2, 0.25) is 0 Å². The maximum absolute atomic E-state index is 3.26. The summed E-state index contributed by atoms with van der Waals surface area (Å²) in [4.78, 5) is 0. The van der Waals surface area contributed by atoms with Crippen LogP contribution in [-0.4, -0.2) is 0 Å². The second-order valence-corrected chi connectivity index (χ2v) is 3.06. The molecule has 0 atom stereocenters. The predicted molar refractivity (Wildman–Crippen MR) is 53.8 cm³/mol. The first-order valence-electron chi connectivity index (χ1n) is 4.85. The summed E-state index contributed by atoms with van der Waals surface area (Å²) in [6.07, 6.45) is 21.5. The molecule has 0 aliphatic heterocycles. The molecule has 0 saturated carbocycles. The van der Waals surface area contributed by atoms with Gasteiger partial charge in [0.25, 0.3) is 0 Å². The summed E-state index contributed by atoms with van der Waals surface area (Å²) in [5.41, 5.74) is 0. The third-order valence-electron chi connectivity index (χ3n) is 1.93. The van der Waals surface area contributed by atoms with Crippen molar-refractivity contribution in [2.75, 3.05) is 0 Å². The Kier molecular flexibility index (Phi) is 5.35. The lowest BCUT2D eigenvalue weighted by molar-refractivity contribution is 0.858. The molecule has 0 spiro atoms. The lowest BCUT2D eigenvalue weighted by Gasteiger charge is -1.92. The fourth-order valence-corrected chi connectivity index (χ4v) is 1.22. The third-order valence-corrected chi connectivity index (χ3v) is 1.93. The summed E-state index contributed by atoms with van der Waals surface area (Å²) < 4.78 is 0. The van der Waals surface area contributed by atoms with Crippen molar-refractivity contribution in [2.45, 2.75) is 38.5 Å². The Bertz CT molecular complexity index is 172. The maximum Gasteiger partial charge on any atom is -0.00979 e. The first-order chi connectivity index (χ1) is 6.00. The lowest BCUT2D eigenvalue weighted by Crippen LogP contribution is -1.72. The summed E-state index contributed by atoms with van der Waals surface area (Å²) in [6.45, 7) is 0. The highest BCUT2D eigenvalue weighted by Gasteiger charge is 1.83. The second kappa shape index (κ2) is 6.90. The van der Waals surface area contributed by atoms with Crippen molar-refractivity contribution < 1.29 is 0 Å². The van der Waals surface area contributed by atoms with Crippen LogP contribution in [0.4, 0.5) is 0 Å². The van der Waals surface area contributed by atoms with Gasteiger partial charge >= 0.3 is 0 Å². The van der Waals surface area contributed by atoms with Crippen LogP contribution in [0.2, 0.25) is 0 Å². The average Bonchev–Trinajstić information content (AvgIpc) is 2.05. The van der Waals surface area contributed by atoms with Crippen molar-refractivity contribution >= 4 is 0 Å². The Morgan fingerprint density at radius 2 is 1.50 bits per heavy atom. The van der Waals surface area contributed by atoms with Crippen LogP contribution in [-0.2, 0) is 0 Å². The molecule has 0 N–H and O–H groups in total. The highest BCUT2D eigenvalue weighted by molar-refractivity contribution is 4.92. The maximum atomic E-state index is 3.26. The molecule has 1 rings (SSSR count). The van der Waals surface area contributed by atoms with E-state index in [1.54, 1.807) is 0 Å². The van der Waals surface area contributed by atoms with Crippen molar-refractivity contribution in [1.82, 2.24) is 0 Å². The van der Waals surface area contributed by atoms with Crippen molar-refractivity contribution in [2.24, 2.45) is 0 Å². The molecule has 0 fully saturated rings. The monoisotopic (exact) mass is 161 g/mol. The molecule has 0 bridgehead atoms. The molecular weight excluding hydrogens is 144 g/mol. The summed E-state index contributed by atoms with van der Waals surface area (Å²) in [5, 5.41) is 0. The van der Waals surface area contributed by atoms with Crippen molar-refractivity contribution in [3.05, 3.63) is 36.5 Å². The average molecular weight is 161 g/mol. The predicted octanol–water partition coefficient (Wildman–Crippen LogP) is 3.81. The molecular formula is C12H17. The van der Waals surface area contributed by atoms with Gasteiger partial charge in [0.05, 0.1) is 0 Å². The van der Waals surface area contributed by atoms with E-state index < -0.39 is 0 Å². The van der Waals surface area contributed by atoms with Gasteiger partial charge in [0.15, 0.2) is 0 Å². The number of rotatable bonds is 0. The van der Waals surface area contributed by atoms with Gasteiger partial charge in [-0.3, -0.25) is 0 Å². The molecule has 0 heterocycles. The molecule has 0 aromatic rings. The molecule has 0 heteroatoms. The molecule has 1 radical (unpaired) electrons. The second-order valence-electron chi connectivity index (χ2n) is 3.06. The van der Waals surface area contributed by atoms with Crippen LogP contribution in [0.25, 0.3) is 0 Å². The number of allylic oxidation sites excluding steroid dienone is 6. The molecule has 65 valence electrons. The molecule has 0 nitrogen and oxygen atoms in total. The van der Waals surface area contributed by atoms with Crippen LogP contribution in [0, 0.1) is 6.08 Å². The van der Waals surface area contributed by atoms with E-state index in [0.29, 0.717) is 0 Å². The van der Waals surface area contributed by atoms with Gasteiger partial charge in [-0.1, -0.05) is 30.4 Å². The lowest BCUT2D eigenvalue weighted by atomic mass is 10.1. The van der Waals surface area contributed by atoms with Gasteiger partial charge in [-0.05, 0) is 44.6 Å². The van der Waals surface area contributed by atoms with Crippen LogP contribution in [0.1, 0.15) is 38.5 Å². The Balaban J connectivity index is 2.30. The van der Waals surface area contributed by atoms with Gasteiger partial charge in [-0.2, -0.15) is 0 Å². The number of hydrogen-bond donors (Lipinski definition) is 0. The van der Waals surface area contributed by atoms with Crippen molar-refractivity contribution in [3.8, 4) is 0 Å². The summed E-state index contributed by atoms with van der Waals surface area (Å²) in [6, 6.07) is 0. The van der Waals surface area contributed by atoms with Gasteiger partial charge in [-0.15, -0.1) is 0 Å². The first-order valence-corrected chi connectivity index (χ1v) is 4.85. The Labute approximate surface area is 75.7 Å². The molecule has 0 aromatic carbocycles.